The predicted molar refractivity (Wildman–Crippen MR) is 157 cm³/mol. The third-order valence-electron chi connectivity index (χ3n) is 7.03. The van der Waals surface area contributed by atoms with Crippen LogP contribution in [0.2, 0.25) is 0 Å². The van der Waals surface area contributed by atoms with Crippen molar-refractivity contribution in [2.24, 2.45) is 0 Å². The van der Waals surface area contributed by atoms with Crippen LogP contribution < -0.4 is 20.3 Å². The second-order valence-corrected chi connectivity index (χ2v) is 9.96. The minimum Gasteiger partial charge on any atom is -0.495 e. The van der Waals surface area contributed by atoms with Crippen molar-refractivity contribution in [2.75, 3.05) is 17.3 Å². The molecule has 0 spiro atoms. The minimum atomic E-state index is -0.967. The highest BCUT2D eigenvalue weighted by Gasteiger charge is 2.42. The number of aromatic nitrogens is 2. The number of rotatable bonds is 7. The second kappa shape index (κ2) is 10.8. The molecule has 1 aliphatic heterocycles. The summed E-state index contributed by atoms with van der Waals surface area (Å²) in [5.74, 6) is -0.638. The van der Waals surface area contributed by atoms with E-state index in [-0.39, 0.29) is 23.6 Å². The van der Waals surface area contributed by atoms with Crippen molar-refractivity contribution in [3.63, 3.8) is 0 Å². The number of amides is 1. The minimum absolute atomic E-state index is 0.210. The predicted octanol–water partition coefficient (Wildman–Crippen LogP) is 5.33. The Bertz CT molecular complexity index is 1600. The van der Waals surface area contributed by atoms with Gasteiger partial charge in [-0.2, -0.15) is 0 Å². The van der Waals surface area contributed by atoms with Crippen LogP contribution in [0, 0.1) is 13.8 Å². The van der Waals surface area contributed by atoms with Crippen molar-refractivity contribution in [1.29, 1.82) is 0 Å². The number of aromatic carboxylic acids is 1. The lowest BCUT2D eigenvalue weighted by Crippen LogP contribution is -2.29. The summed E-state index contributed by atoms with van der Waals surface area (Å²) in [6, 6.07) is 19.8. The molecule has 10 heteroatoms. The molecular weight excluding hydrogens is 526 g/mol. The lowest BCUT2D eigenvalue weighted by molar-refractivity contribution is -0.114. The third kappa shape index (κ3) is 4.89. The Balaban J connectivity index is 1.66. The van der Waals surface area contributed by atoms with Gasteiger partial charge in [0.05, 0.1) is 36.1 Å². The maximum atomic E-state index is 11.9. The maximum Gasteiger partial charge on any atom is 0.335 e. The van der Waals surface area contributed by atoms with Crippen LogP contribution in [-0.2, 0) is 4.79 Å². The molecule has 3 heterocycles. The Hall–Kier alpha value is -4.70. The van der Waals surface area contributed by atoms with Crippen molar-refractivity contribution in [2.45, 2.75) is 32.9 Å². The van der Waals surface area contributed by atoms with Gasteiger partial charge in [0, 0.05) is 35.9 Å². The molecule has 2 atom stereocenters. The van der Waals surface area contributed by atoms with Crippen molar-refractivity contribution < 1.29 is 19.4 Å². The fourth-order valence-electron chi connectivity index (χ4n) is 5.32. The zero-order valence-corrected chi connectivity index (χ0v) is 23.3. The number of methoxy groups -OCH3 is 1. The van der Waals surface area contributed by atoms with Crippen LogP contribution in [0.15, 0.2) is 72.9 Å². The van der Waals surface area contributed by atoms with Crippen LogP contribution >= 0.6 is 12.2 Å². The van der Waals surface area contributed by atoms with E-state index in [2.05, 4.69) is 26.3 Å². The zero-order chi connectivity index (χ0) is 28.6. The molecule has 4 aromatic rings. The number of carboxylic acids is 1. The standard InChI is InChI=1S/C30H29N5O4S/c1-17-15-23(18(2)34(17)21-10-8-20(9-11-21)29(37)38)28-27(24-7-5-6-14-31-24)33-30(40)35(28)22-12-13-26(39-4)25(16-22)32-19(3)36/h5-16,27-28H,1-4H3,(H,32,36)(H,33,40)(H,37,38)/t27-,28+/m0/s1. The number of benzene rings is 2. The SMILES string of the molecule is COc1ccc(N2C(=S)N[C@@H](c3ccccn3)[C@H]2c2cc(C)n(-c3ccc(C(=O)O)cc3)c2C)cc1NC(C)=O. The van der Waals surface area contributed by atoms with Gasteiger partial charge in [-0.1, -0.05) is 6.07 Å². The Labute approximate surface area is 237 Å². The number of carbonyl (C=O) groups is 2. The highest BCUT2D eigenvalue weighted by Crippen LogP contribution is 2.45. The van der Waals surface area contributed by atoms with Gasteiger partial charge in [-0.25, -0.2) is 4.79 Å². The van der Waals surface area contributed by atoms with E-state index in [9.17, 15) is 14.7 Å². The van der Waals surface area contributed by atoms with Gasteiger partial charge in [-0.15, -0.1) is 0 Å². The second-order valence-electron chi connectivity index (χ2n) is 9.58. The highest BCUT2D eigenvalue weighted by atomic mass is 32.1. The molecule has 0 bridgehead atoms. The average Bonchev–Trinajstić information content (AvgIpc) is 3.43. The van der Waals surface area contributed by atoms with Crippen LogP contribution in [0.1, 0.15) is 52.0 Å². The first-order valence-corrected chi connectivity index (χ1v) is 13.1. The van der Waals surface area contributed by atoms with Gasteiger partial charge in [-0.05, 0) is 92.3 Å². The summed E-state index contributed by atoms with van der Waals surface area (Å²) in [5, 5.41) is 16.2. The van der Waals surface area contributed by atoms with Crippen molar-refractivity contribution in [1.82, 2.24) is 14.9 Å². The molecule has 5 rings (SSSR count). The number of carboxylic acid groups (broad SMARTS) is 1. The molecule has 0 aliphatic carbocycles. The van der Waals surface area contributed by atoms with Crippen LogP contribution in [0.4, 0.5) is 11.4 Å². The molecule has 9 nitrogen and oxygen atoms in total. The lowest BCUT2D eigenvalue weighted by atomic mass is 9.96. The monoisotopic (exact) mass is 555 g/mol. The summed E-state index contributed by atoms with van der Waals surface area (Å²) < 4.78 is 7.58. The summed E-state index contributed by atoms with van der Waals surface area (Å²) in [6.45, 7) is 5.51. The Morgan fingerprint density at radius 2 is 1.77 bits per heavy atom. The molecule has 2 aromatic heterocycles. The fourth-order valence-corrected chi connectivity index (χ4v) is 5.67. The number of hydrogen-bond donors (Lipinski definition) is 3. The van der Waals surface area contributed by atoms with Gasteiger partial charge < -0.3 is 29.9 Å². The van der Waals surface area contributed by atoms with Gasteiger partial charge in [0.25, 0.3) is 0 Å². The van der Waals surface area contributed by atoms with E-state index in [4.69, 9.17) is 17.0 Å². The van der Waals surface area contributed by atoms with Crippen molar-refractivity contribution >= 4 is 40.6 Å². The topological polar surface area (TPSA) is 109 Å². The quantitative estimate of drug-likeness (QED) is 0.263. The van der Waals surface area contributed by atoms with Gasteiger partial charge in [0.2, 0.25) is 5.91 Å². The van der Waals surface area contributed by atoms with Crippen LogP contribution in [0.3, 0.4) is 0 Å². The largest absolute Gasteiger partial charge is 0.495 e. The van der Waals surface area contributed by atoms with Gasteiger partial charge in [0.1, 0.15) is 5.75 Å². The number of nitrogens with zero attached hydrogens (tertiary/aromatic N) is 3. The fraction of sp³-hybridized carbons (Fsp3) is 0.200. The van der Waals surface area contributed by atoms with E-state index in [1.165, 1.54) is 6.92 Å². The highest BCUT2D eigenvalue weighted by molar-refractivity contribution is 7.80. The van der Waals surface area contributed by atoms with E-state index < -0.39 is 5.97 Å². The molecule has 40 heavy (non-hydrogen) atoms. The first-order chi connectivity index (χ1) is 19.2. The summed E-state index contributed by atoms with van der Waals surface area (Å²) in [7, 11) is 1.56. The lowest BCUT2D eigenvalue weighted by Gasteiger charge is -2.29. The van der Waals surface area contributed by atoms with E-state index >= 15 is 0 Å². The molecule has 0 radical (unpaired) electrons. The van der Waals surface area contributed by atoms with E-state index in [0.717, 1.165) is 34.0 Å². The number of thiocarbonyl (C=S) groups is 1. The molecule has 0 saturated carbocycles. The first-order valence-electron chi connectivity index (χ1n) is 12.7. The van der Waals surface area contributed by atoms with Crippen molar-refractivity contribution in [3.8, 4) is 11.4 Å². The normalized spacial score (nSPS) is 16.5. The Kier molecular flexibility index (Phi) is 7.27. The number of ether oxygens (including phenoxy) is 1. The van der Waals surface area contributed by atoms with E-state index in [0.29, 0.717) is 16.5 Å². The number of anilines is 2. The number of aryl methyl sites for hydroxylation is 1. The molecule has 1 amide bonds. The summed E-state index contributed by atoms with van der Waals surface area (Å²) >= 11 is 5.89. The number of hydrogen-bond acceptors (Lipinski definition) is 5. The molecule has 1 fully saturated rings. The van der Waals surface area contributed by atoms with Gasteiger partial charge in [0.15, 0.2) is 5.11 Å². The van der Waals surface area contributed by atoms with Crippen LogP contribution in [-0.4, -0.2) is 38.8 Å². The summed E-state index contributed by atoms with van der Waals surface area (Å²) in [4.78, 5) is 30.0. The molecule has 3 N–H and O–H groups in total. The molecule has 1 aliphatic rings. The molecular formula is C30H29N5O4S. The van der Waals surface area contributed by atoms with E-state index in [1.807, 2.05) is 67.3 Å². The molecule has 204 valence electrons. The first kappa shape index (κ1) is 26.9. The third-order valence-corrected chi connectivity index (χ3v) is 7.35. The van der Waals surface area contributed by atoms with Gasteiger partial charge in [-0.3, -0.25) is 9.78 Å². The Morgan fingerprint density at radius 3 is 2.40 bits per heavy atom. The van der Waals surface area contributed by atoms with Crippen LogP contribution in [0.25, 0.3) is 5.69 Å². The molecule has 2 aromatic carbocycles. The molecule has 1 saturated heterocycles. The average molecular weight is 556 g/mol. The van der Waals surface area contributed by atoms with Crippen LogP contribution in [0.5, 0.6) is 5.75 Å². The smallest absolute Gasteiger partial charge is 0.335 e. The summed E-state index contributed by atoms with van der Waals surface area (Å²) in [5.41, 5.74) is 6.25. The summed E-state index contributed by atoms with van der Waals surface area (Å²) in [6.07, 6.45) is 1.76. The van der Waals surface area contributed by atoms with Crippen molar-refractivity contribution in [3.05, 3.63) is 101 Å². The number of pyridine rings is 1. The molecule has 0 unspecified atom stereocenters. The number of nitrogens with one attached hydrogen (secondary N) is 2. The zero-order valence-electron chi connectivity index (χ0n) is 22.5. The van der Waals surface area contributed by atoms with E-state index in [1.54, 1.807) is 25.4 Å². The maximum absolute atomic E-state index is 11.9. The van der Waals surface area contributed by atoms with Gasteiger partial charge >= 0.3 is 5.97 Å². The Morgan fingerprint density at radius 1 is 1.05 bits per heavy atom. The number of carbonyl (C=O) groups excluding carboxylic acids is 1.